The van der Waals surface area contributed by atoms with Crippen LogP contribution in [0.4, 0.5) is 0 Å². The number of ether oxygens (including phenoxy) is 6. The molecule has 1 aromatic rings. The fourth-order valence-corrected chi connectivity index (χ4v) is 9.52. The Morgan fingerprint density at radius 3 is 1.96 bits per heavy atom. The first-order chi connectivity index (χ1) is 25.5. The van der Waals surface area contributed by atoms with E-state index in [2.05, 4.69) is 45.9 Å². The van der Waals surface area contributed by atoms with Gasteiger partial charge in [-0.05, 0) is 65.0 Å². The second kappa shape index (κ2) is 16.8. The van der Waals surface area contributed by atoms with E-state index in [1.54, 1.807) is 0 Å². The number of rotatable bonds is 11. The van der Waals surface area contributed by atoms with E-state index in [9.17, 15) is 51.1 Å². The molecule has 1 aromatic carbocycles. The fraction of sp³-hybridized carbons (Fsp3) is 0.842. The van der Waals surface area contributed by atoms with Crippen molar-refractivity contribution < 1.29 is 79.5 Å². The van der Waals surface area contributed by atoms with Gasteiger partial charge < -0.3 is 79.5 Å². The van der Waals surface area contributed by atoms with Gasteiger partial charge in [0.15, 0.2) is 18.9 Å². The van der Waals surface area contributed by atoms with Gasteiger partial charge in [0, 0.05) is 0 Å². The normalized spacial score (nSPS) is 46.9. The number of benzene rings is 1. The summed E-state index contributed by atoms with van der Waals surface area (Å²) in [5.41, 5.74) is 3.78. The molecule has 18 atom stereocenters. The molecule has 3 saturated heterocycles. The number of fused-ring (bicyclic) bond motifs is 3. The molecule has 0 unspecified atom stereocenters. The van der Waals surface area contributed by atoms with Crippen LogP contribution in [0.2, 0.25) is 0 Å². The topological polar surface area (TPSA) is 258 Å². The van der Waals surface area contributed by atoms with E-state index in [-0.39, 0.29) is 23.4 Å². The van der Waals surface area contributed by atoms with Crippen LogP contribution < -0.4 is 0 Å². The Morgan fingerprint density at radius 1 is 0.704 bits per heavy atom. The number of aliphatic hydroxyl groups excluding tert-OH is 10. The molecule has 16 heteroatoms. The monoisotopic (exact) mass is 772 g/mol. The van der Waals surface area contributed by atoms with Crippen molar-refractivity contribution in [2.75, 3.05) is 26.4 Å². The minimum atomic E-state index is -1.82. The van der Waals surface area contributed by atoms with E-state index in [1.165, 1.54) is 16.7 Å². The lowest BCUT2D eigenvalue weighted by Gasteiger charge is -2.56. The van der Waals surface area contributed by atoms with E-state index >= 15 is 0 Å². The summed E-state index contributed by atoms with van der Waals surface area (Å²) in [4.78, 5) is 0. The van der Waals surface area contributed by atoms with Crippen LogP contribution in [0.3, 0.4) is 0 Å². The third-order valence-corrected chi connectivity index (χ3v) is 12.8. The van der Waals surface area contributed by atoms with Gasteiger partial charge >= 0.3 is 0 Å². The maximum absolute atomic E-state index is 11.0. The first-order valence-electron chi connectivity index (χ1n) is 19.2. The molecule has 0 aromatic heterocycles. The highest BCUT2D eigenvalue weighted by Gasteiger charge is 2.54. The molecule has 3 heterocycles. The molecule has 54 heavy (non-hydrogen) atoms. The zero-order valence-electron chi connectivity index (χ0n) is 31.3. The van der Waals surface area contributed by atoms with E-state index in [0.717, 1.165) is 32.1 Å². The van der Waals surface area contributed by atoms with Crippen LogP contribution in [0, 0.1) is 11.3 Å². The van der Waals surface area contributed by atoms with Gasteiger partial charge in [0.1, 0.15) is 73.2 Å². The van der Waals surface area contributed by atoms with Gasteiger partial charge in [-0.3, -0.25) is 0 Å². The average molecular weight is 773 g/mol. The van der Waals surface area contributed by atoms with Gasteiger partial charge in [0.05, 0.1) is 26.4 Å². The summed E-state index contributed by atoms with van der Waals surface area (Å²) in [7, 11) is 0. The zero-order valence-corrected chi connectivity index (χ0v) is 31.3. The van der Waals surface area contributed by atoms with Crippen LogP contribution in [0.15, 0.2) is 18.2 Å². The summed E-state index contributed by atoms with van der Waals surface area (Å²) < 4.78 is 34.5. The smallest absolute Gasteiger partial charge is 0.187 e. The minimum absolute atomic E-state index is 0.0612. The van der Waals surface area contributed by atoms with Crippen molar-refractivity contribution in [1.29, 1.82) is 0 Å². The van der Waals surface area contributed by atoms with Crippen LogP contribution in [0.1, 0.15) is 76.0 Å². The van der Waals surface area contributed by atoms with E-state index in [0.29, 0.717) is 5.92 Å². The van der Waals surface area contributed by atoms with E-state index in [1.807, 2.05) is 0 Å². The van der Waals surface area contributed by atoms with E-state index in [4.69, 9.17) is 28.4 Å². The van der Waals surface area contributed by atoms with E-state index < -0.39 is 112 Å². The van der Waals surface area contributed by atoms with Crippen molar-refractivity contribution in [2.45, 2.75) is 163 Å². The fourth-order valence-electron chi connectivity index (χ4n) is 9.52. The highest BCUT2D eigenvalue weighted by molar-refractivity contribution is 5.42. The molecule has 0 spiro atoms. The van der Waals surface area contributed by atoms with Gasteiger partial charge in [-0.15, -0.1) is 0 Å². The second-order valence-electron chi connectivity index (χ2n) is 16.8. The molecule has 5 aliphatic rings. The van der Waals surface area contributed by atoms with Crippen molar-refractivity contribution in [3.05, 3.63) is 34.9 Å². The Bertz CT molecular complexity index is 1400. The standard InChI is InChI=1S/C38H60O16/c1-17(2)18-6-8-20-19(12-18)7-9-24-37(3,10-5-11-38(20,24)4)16-50-35-30(46)28(44)26(42)23(53-35)15-49-34-32(48)29(45)33(22(14-40)52-34)54-36-31(47)27(43)25(41)21(13-39)51-36/h6,8,12,17,21-36,39-48H,5,7,9-11,13-16H2,1-4H3/t21-,22-,23-,24+,25-,26-,27+,28+,29-,30-,31-,32-,33-,34-,35-,36-,37+,38-/m1/s1. The SMILES string of the molecule is CC(C)c1ccc2c(c1)CC[C@H]1[C@](C)(CO[C@@H]3O[C@H](CO[C@@H]4O[C@H](CO)[C@@H](O[C@H]5O[C@H](CO)[C@@H](O)[C@H](O)[C@H]5O)[C@H](O)[C@H]4O)[C@@H](O)[C@H](O)[C@H]3O)CCC[C@]21C. The molecule has 16 nitrogen and oxygen atoms in total. The van der Waals surface area contributed by atoms with Gasteiger partial charge in [-0.1, -0.05) is 52.3 Å². The quantitative estimate of drug-likeness (QED) is 0.120. The van der Waals surface area contributed by atoms with Crippen LogP contribution in [0.25, 0.3) is 0 Å². The average Bonchev–Trinajstić information content (AvgIpc) is 3.15. The lowest BCUT2D eigenvalue weighted by Crippen LogP contribution is -2.65. The van der Waals surface area contributed by atoms with Crippen molar-refractivity contribution in [1.82, 2.24) is 0 Å². The maximum Gasteiger partial charge on any atom is 0.187 e. The van der Waals surface area contributed by atoms with Gasteiger partial charge in [-0.25, -0.2) is 0 Å². The predicted octanol–water partition coefficient (Wildman–Crippen LogP) is -1.71. The van der Waals surface area contributed by atoms with Crippen LogP contribution >= 0.6 is 0 Å². The molecule has 4 fully saturated rings. The van der Waals surface area contributed by atoms with Crippen molar-refractivity contribution in [3.63, 3.8) is 0 Å². The van der Waals surface area contributed by atoms with Crippen molar-refractivity contribution in [3.8, 4) is 0 Å². The highest BCUT2D eigenvalue weighted by atomic mass is 16.8. The van der Waals surface area contributed by atoms with Crippen LogP contribution in [0.5, 0.6) is 0 Å². The Kier molecular flexibility index (Phi) is 13.1. The van der Waals surface area contributed by atoms with Gasteiger partial charge in [0.25, 0.3) is 0 Å². The molecule has 10 N–H and O–H groups in total. The number of hydrogen-bond donors (Lipinski definition) is 10. The number of hydrogen-bond acceptors (Lipinski definition) is 16. The molecule has 2 aliphatic carbocycles. The summed E-state index contributed by atoms with van der Waals surface area (Å²) in [6.07, 6.45) is -18.9. The van der Waals surface area contributed by atoms with Gasteiger partial charge in [0.2, 0.25) is 0 Å². The summed E-state index contributed by atoms with van der Waals surface area (Å²) >= 11 is 0. The van der Waals surface area contributed by atoms with Crippen molar-refractivity contribution in [2.24, 2.45) is 11.3 Å². The third kappa shape index (κ3) is 7.88. The molecule has 6 rings (SSSR count). The number of aliphatic hydroxyl groups is 10. The predicted molar refractivity (Wildman–Crippen MR) is 187 cm³/mol. The third-order valence-electron chi connectivity index (χ3n) is 12.8. The first-order valence-corrected chi connectivity index (χ1v) is 19.2. The molecule has 0 radical (unpaired) electrons. The highest BCUT2D eigenvalue weighted by Crippen LogP contribution is 2.57. The Morgan fingerprint density at radius 2 is 1.30 bits per heavy atom. The van der Waals surface area contributed by atoms with Crippen LogP contribution in [-0.2, 0) is 40.3 Å². The lowest BCUT2D eigenvalue weighted by molar-refractivity contribution is -0.365. The maximum atomic E-state index is 11.0. The molecule has 1 saturated carbocycles. The molecular formula is C38H60O16. The zero-order chi connectivity index (χ0) is 39.3. The molecular weight excluding hydrogens is 712 g/mol. The second-order valence-corrected chi connectivity index (χ2v) is 16.8. The molecule has 3 aliphatic heterocycles. The Labute approximate surface area is 315 Å². The Hall–Kier alpha value is -1.42. The molecule has 0 bridgehead atoms. The Balaban J connectivity index is 1.08. The van der Waals surface area contributed by atoms with Crippen molar-refractivity contribution >= 4 is 0 Å². The van der Waals surface area contributed by atoms with Gasteiger partial charge in [-0.2, -0.15) is 0 Å². The van der Waals surface area contributed by atoms with Crippen LogP contribution in [-0.4, -0.2) is 170 Å². The first kappa shape index (κ1) is 42.2. The summed E-state index contributed by atoms with van der Waals surface area (Å²) in [6.45, 7) is 7.18. The summed E-state index contributed by atoms with van der Waals surface area (Å²) in [5.74, 6) is 0.733. The molecule has 308 valence electrons. The summed E-state index contributed by atoms with van der Waals surface area (Å²) in [6, 6.07) is 6.88. The lowest BCUT2D eigenvalue weighted by atomic mass is 9.50. The number of aryl methyl sites for hydroxylation is 1. The largest absolute Gasteiger partial charge is 0.394 e. The molecule has 0 amide bonds. The summed E-state index contributed by atoms with van der Waals surface area (Å²) in [5, 5.41) is 105. The minimum Gasteiger partial charge on any atom is -0.394 e.